The van der Waals surface area contributed by atoms with Crippen LogP contribution in [-0.2, 0) is 27.1 Å². The Morgan fingerprint density at radius 1 is 1.06 bits per heavy atom. The number of imide groups is 1. The first-order valence-electron chi connectivity index (χ1n) is 9.35. The number of alkyl halides is 3. The molecule has 0 aliphatic carbocycles. The van der Waals surface area contributed by atoms with Gasteiger partial charge in [0.05, 0.1) is 16.8 Å². The van der Waals surface area contributed by atoms with Crippen molar-refractivity contribution in [2.75, 3.05) is 4.90 Å². The first kappa shape index (κ1) is 21.2. The first-order chi connectivity index (χ1) is 15.2. The molecule has 164 valence electrons. The number of amides is 2. The van der Waals surface area contributed by atoms with Crippen molar-refractivity contribution in [3.63, 3.8) is 0 Å². The van der Waals surface area contributed by atoms with Gasteiger partial charge in [0, 0.05) is 18.4 Å². The number of hydrogen-bond acceptors (Lipinski definition) is 7. The van der Waals surface area contributed by atoms with Gasteiger partial charge in [0.2, 0.25) is 17.6 Å². The largest absolute Gasteiger partial charge is 0.452 e. The van der Waals surface area contributed by atoms with Gasteiger partial charge in [-0.05, 0) is 36.4 Å². The molecule has 0 bridgehead atoms. The Labute approximate surface area is 178 Å². The number of nitrogens with zero attached hydrogens (tertiary/aromatic N) is 3. The summed E-state index contributed by atoms with van der Waals surface area (Å²) in [6.45, 7) is -0.393. The second kappa shape index (κ2) is 8.25. The lowest BCUT2D eigenvalue weighted by molar-refractivity contribution is -0.137. The molecule has 0 atom stereocenters. The maximum Gasteiger partial charge on any atom is 0.416 e. The molecule has 0 radical (unpaired) electrons. The number of carbonyl (C=O) groups excluding carboxylic acids is 3. The maximum absolute atomic E-state index is 12.9. The molecule has 1 aliphatic heterocycles. The SMILES string of the molecule is O=C(OCc1nc(-c2cccc(C(F)(F)F)c2)no1)c1ccc(N2C(=O)CCC2=O)cc1. The highest BCUT2D eigenvalue weighted by Gasteiger charge is 2.31. The highest BCUT2D eigenvalue weighted by atomic mass is 19.4. The van der Waals surface area contributed by atoms with Crippen molar-refractivity contribution < 1.29 is 36.8 Å². The normalized spacial score (nSPS) is 14.2. The van der Waals surface area contributed by atoms with Crippen molar-refractivity contribution in [1.29, 1.82) is 0 Å². The lowest BCUT2D eigenvalue weighted by Crippen LogP contribution is -2.28. The topological polar surface area (TPSA) is 103 Å². The minimum absolute atomic E-state index is 0.0774. The molecule has 1 saturated heterocycles. The number of anilines is 1. The van der Waals surface area contributed by atoms with Gasteiger partial charge in [0.15, 0.2) is 6.61 Å². The molecule has 11 heteroatoms. The van der Waals surface area contributed by atoms with E-state index in [4.69, 9.17) is 9.26 Å². The molecule has 4 rings (SSSR count). The van der Waals surface area contributed by atoms with Gasteiger partial charge in [-0.25, -0.2) is 4.79 Å². The lowest BCUT2D eigenvalue weighted by Gasteiger charge is -2.13. The third-order valence-corrected chi connectivity index (χ3v) is 4.66. The van der Waals surface area contributed by atoms with Crippen molar-refractivity contribution in [2.45, 2.75) is 25.6 Å². The molecular weight excluding hydrogens is 431 g/mol. The molecule has 1 aromatic heterocycles. The number of halogens is 3. The van der Waals surface area contributed by atoms with Crippen LogP contribution in [-0.4, -0.2) is 27.9 Å². The number of rotatable bonds is 5. The molecule has 0 saturated carbocycles. The molecular formula is C21H14F3N3O5. The molecule has 1 fully saturated rings. The van der Waals surface area contributed by atoms with E-state index >= 15 is 0 Å². The highest BCUT2D eigenvalue weighted by Crippen LogP contribution is 2.31. The Morgan fingerprint density at radius 2 is 1.75 bits per heavy atom. The smallest absolute Gasteiger partial charge is 0.416 e. The number of benzene rings is 2. The Kier molecular flexibility index (Phi) is 5.47. The number of aromatic nitrogens is 2. The van der Waals surface area contributed by atoms with Crippen molar-refractivity contribution in [1.82, 2.24) is 10.1 Å². The third kappa shape index (κ3) is 4.36. The van der Waals surface area contributed by atoms with Gasteiger partial charge in [-0.3, -0.25) is 14.5 Å². The Hall–Kier alpha value is -4.02. The fourth-order valence-electron chi connectivity index (χ4n) is 3.09. The van der Waals surface area contributed by atoms with Crippen LogP contribution in [0.2, 0.25) is 0 Å². The third-order valence-electron chi connectivity index (χ3n) is 4.66. The summed E-state index contributed by atoms with van der Waals surface area (Å²) in [6, 6.07) is 10.1. The first-order valence-corrected chi connectivity index (χ1v) is 9.35. The number of hydrogen-bond donors (Lipinski definition) is 0. The van der Waals surface area contributed by atoms with E-state index in [1.807, 2.05) is 0 Å². The van der Waals surface area contributed by atoms with Gasteiger partial charge < -0.3 is 9.26 Å². The van der Waals surface area contributed by atoms with Crippen LogP contribution in [0.3, 0.4) is 0 Å². The standard InChI is InChI=1S/C21H14F3N3O5/c22-21(23,24)14-3-1-2-13(10-14)19-25-16(32-26-19)11-31-20(30)12-4-6-15(7-5-12)27-17(28)8-9-18(27)29/h1-7,10H,8-9,11H2. The monoisotopic (exact) mass is 445 g/mol. The van der Waals surface area contributed by atoms with Crippen LogP contribution in [0, 0.1) is 0 Å². The molecule has 0 spiro atoms. The van der Waals surface area contributed by atoms with Crippen molar-refractivity contribution in [3.8, 4) is 11.4 Å². The summed E-state index contributed by atoms with van der Waals surface area (Å²) in [5, 5.41) is 3.62. The zero-order valence-electron chi connectivity index (χ0n) is 16.3. The molecule has 2 amide bonds. The fourth-order valence-corrected chi connectivity index (χ4v) is 3.09. The van der Waals surface area contributed by atoms with Crippen LogP contribution < -0.4 is 4.90 Å². The predicted molar refractivity (Wildman–Crippen MR) is 102 cm³/mol. The molecule has 1 aliphatic rings. The van der Waals surface area contributed by atoms with Crippen LogP contribution in [0.1, 0.15) is 34.7 Å². The van der Waals surface area contributed by atoms with Crippen molar-refractivity contribution >= 4 is 23.5 Å². The minimum Gasteiger partial charge on any atom is -0.452 e. The lowest BCUT2D eigenvalue weighted by atomic mass is 10.1. The van der Waals surface area contributed by atoms with Gasteiger partial charge in [0.1, 0.15) is 0 Å². The summed E-state index contributed by atoms with van der Waals surface area (Å²) >= 11 is 0. The van der Waals surface area contributed by atoms with Crippen LogP contribution in [0.4, 0.5) is 18.9 Å². The number of ether oxygens (including phenoxy) is 1. The average molecular weight is 445 g/mol. The van der Waals surface area contributed by atoms with E-state index in [-0.39, 0.29) is 47.5 Å². The Bertz CT molecular complexity index is 1170. The van der Waals surface area contributed by atoms with E-state index < -0.39 is 24.3 Å². The van der Waals surface area contributed by atoms with Crippen LogP contribution in [0.25, 0.3) is 11.4 Å². The molecule has 8 nitrogen and oxygen atoms in total. The zero-order chi connectivity index (χ0) is 22.9. The van der Waals surface area contributed by atoms with Gasteiger partial charge in [0.25, 0.3) is 5.89 Å². The van der Waals surface area contributed by atoms with E-state index in [0.717, 1.165) is 17.0 Å². The second-order valence-corrected chi connectivity index (χ2v) is 6.84. The van der Waals surface area contributed by atoms with Gasteiger partial charge >= 0.3 is 12.1 Å². The Morgan fingerprint density at radius 3 is 2.41 bits per heavy atom. The number of esters is 1. The second-order valence-electron chi connectivity index (χ2n) is 6.84. The van der Waals surface area contributed by atoms with Crippen LogP contribution in [0.5, 0.6) is 0 Å². The Balaban J connectivity index is 1.39. The number of carbonyl (C=O) groups is 3. The molecule has 0 N–H and O–H groups in total. The quantitative estimate of drug-likeness (QED) is 0.435. The van der Waals surface area contributed by atoms with E-state index in [9.17, 15) is 27.6 Å². The summed E-state index contributed by atoms with van der Waals surface area (Å²) < 4.78 is 48.6. The van der Waals surface area contributed by atoms with Gasteiger partial charge in [-0.15, -0.1) is 0 Å². The maximum atomic E-state index is 12.9. The van der Waals surface area contributed by atoms with Crippen LogP contribution in [0.15, 0.2) is 53.1 Å². The van der Waals surface area contributed by atoms with E-state index in [1.54, 1.807) is 0 Å². The zero-order valence-corrected chi connectivity index (χ0v) is 16.3. The molecule has 2 heterocycles. The molecule has 32 heavy (non-hydrogen) atoms. The van der Waals surface area contributed by atoms with Crippen molar-refractivity contribution in [2.24, 2.45) is 0 Å². The molecule has 2 aromatic carbocycles. The molecule has 0 unspecified atom stereocenters. The summed E-state index contributed by atoms with van der Waals surface area (Å²) in [6.07, 6.45) is -4.21. The summed E-state index contributed by atoms with van der Waals surface area (Å²) in [7, 11) is 0. The van der Waals surface area contributed by atoms with E-state index in [0.29, 0.717) is 5.69 Å². The van der Waals surface area contributed by atoms with Gasteiger partial charge in [-0.2, -0.15) is 18.2 Å². The van der Waals surface area contributed by atoms with Crippen molar-refractivity contribution in [3.05, 3.63) is 65.5 Å². The highest BCUT2D eigenvalue weighted by molar-refractivity contribution is 6.19. The summed E-state index contributed by atoms with van der Waals surface area (Å²) in [4.78, 5) is 40.8. The van der Waals surface area contributed by atoms with Gasteiger partial charge in [-0.1, -0.05) is 17.3 Å². The molecule has 3 aromatic rings. The fraction of sp³-hybridized carbons (Fsp3) is 0.190. The van der Waals surface area contributed by atoms with E-state index in [2.05, 4.69) is 10.1 Å². The van der Waals surface area contributed by atoms with Crippen LogP contribution >= 0.6 is 0 Å². The van der Waals surface area contributed by atoms with E-state index in [1.165, 1.54) is 36.4 Å². The summed E-state index contributed by atoms with van der Waals surface area (Å²) in [5.74, 6) is -1.52. The predicted octanol–water partition coefficient (Wildman–Crippen LogP) is 3.77. The summed E-state index contributed by atoms with van der Waals surface area (Å²) in [5.41, 5.74) is -0.238. The average Bonchev–Trinajstić information content (AvgIpc) is 3.38. The minimum atomic E-state index is -4.51.